The molecular formula is C12H11NaO. The fourth-order valence-corrected chi connectivity index (χ4v) is 1.62. The maximum atomic E-state index is 10.5. The number of hydrogen-bond donors (Lipinski definition) is 0. The zero-order chi connectivity index (χ0) is 9.10. The van der Waals surface area contributed by atoms with Gasteiger partial charge >= 0.3 is 29.6 Å². The number of fused-ring (bicyclic) bond motifs is 1. The van der Waals surface area contributed by atoms with Crippen molar-refractivity contribution >= 4 is 10.8 Å². The molecule has 0 aliphatic rings. The molecule has 0 radical (unpaired) electrons. The van der Waals surface area contributed by atoms with E-state index in [1.54, 1.807) is 0 Å². The summed E-state index contributed by atoms with van der Waals surface area (Å²) in [5.41, 5.74) is 1.16. The van der Waals surface area contributed by atoms with Crippen LogP contribution >= 0.6 is 0 Å². The van der Waals surface area contributed by atoms with Crippen molar-refractivity contribution in [2.24, 2.45) is 0 Å². The first kappa shape index (κ1) is 11.7. The molecule has 0 fully saturated rings. The second-order valence-electron chi connectivity index (χ2n) is 3.09. The van der Waals surface area contributed by atoms with Gasteiger partial charge in [0.1, 0.15) is 0 Å². The number of rotatable bonds is 2. The monoisotopic (exact) mass is 194 g/mol. The van der Waals surface area contributed by atoms with E-state index in [9.17, 15) is 5.11 Å². The van der Waals surface area contributed by atoms with E-state index in [2.05, 4.69) is 18.2 Å². The molecule has 0 amide bonds. The summed E-state index contributed by atoms with van der Waals surface area (Å²) in [4.78, 5) is 0. The van der Waals surface area contributed by atoms with E-state index in [1.165, 1.54) is 10.8 Å². The fraction of sp³-hybridized carbons (Fsp3) is 0.167. The second-order valence-corrected chi connectivity index (χ2v) is 3.09. The smallest absolute Gasteiger partial charge is 0.854 e. The normalized spacial score (nSPS) is 9.79. The quantitative estimate of drug-likeness (QED) is 0.548. The molecule has 0 aliphatic heterocycles. The SMILES string of the molecule is [Na+].[O-]CCc1cccc2ccccc12. The van der Waals surface area contributed by atoms with Gasteiger partial charge in [0.2, 0.25) is 0 Å². The Labute approximate surface area is 106 Å². The Kier molecular flexibility index (Phi) is 4.63. The average molecular weight is 194 g/mol. The van der Waals surface area contributed by atoms with Gasteiger partial charge in [0.15, 0.2) is 0 Å². The van der Waals surface area contributed by atoms with E-state index in [1.807, 2.05) is 24.3 Å². The third-order valence-corrected chi connectivity index (χ3v) is 2.25. The van der Waals surface area contributed by atoms with E-state index in [-0.39, 0.29) is 36.2 Å². The van der Waals surface area contributed by atoms with Crippen LogP contribution in [0.5, 0.6) is 0 Å². The Morgan fingerprint density at radius 3 is 2.43 bits per heavy atom. The maximum Gasteiger partial charge on any atom is 1.00 e. The van der Waals surface area contributed by atoms with Crippen molar-refractivity contribution in [2.75, 3.05) is 6.61 Å². The van der Waals surface area contributed by atoms with Gasteiger partial charge < -0.3 is 5.11 Å². The predicted octanol–water partition coefficient (Wildman–Crippen LogP) is -1.25. The van der Waals surface area contributed by atoms with Gasteiger partial charge in [-0.15, -0.1) is 6.61 Å². The molecule has 0 aliphatic carbocycles. The Bertz CT molecular complexity index is 406. The summed E-state index contributed by atoms with van der Waals surface area (Å²) in [5, 5.41) is 13.0. The Hall–Kier alpha value is -0.340. The summed E-state index contributed by atoms with van der Waals surface area (Å²) in [6.07, 6.45) is 0.626. The van der Waals surface area contributed by atoms with Gasteiger partial charge in [-0.1, -0.05) is 42.5 Å². The van der Waals surface area contributed by atoms with Crippen molar-refractivity contribution in [2.45, 2.75) is 6.42 Å². The summed E-state index contributed by atoms with van der Waals surface area (Å²) < 4.78 is 0. The molecule has 0 unspecified atom stereocenters. The van der Waals surface area contributed by atoms with Crippen LogP contribution in [0.3, 0.4) is 0 Å². The molecule has 0 saturated heterocycles. The zero-order valence-corrected chi connectivity index (χ0v) is 10.4. The number of benzene rings is 2. The van der Waals surface area contributed by atoms with Crippen molar-refractivity contribution < 1.29 is 34.7 Å². The van der Waals surface area contributed by atoms with Crippen molar-refractivity contribution in [3.8, 4) is 0 Å². The van der Waals surface area contributed by atoms with Crippen molar-refractivity contribution in [3.63, 3.8) is 0 Å². The van der Waals surface area contributed by atoms with E-state index in [0.29, 0.717) is 6.42 Å². The third kappa shape index (κ3) is 2.37. The molecule has 0 N–H and O–H groups in total. The first-order valence-electron chi connectivity index (χ1n) is 4.46. The van der Waals surface area contributed by atoms with Crippen LogP contribution in [0.1, 0.15) is 5.56 Å². The zero-order valence-electron chi connectivity index (χ0n) is 8.36. The molecule has 0 spiro atoms. The van der Waals surface area contributed by atoms with Gasteiger partial charge in [0.05, 0.1) is 0 Å². The van der Waals surface area contributed by atoms with Crippen LogP contribution < -0.4 is 34.7 Å². The maximum absolute atomic E-state index is 10.5. The van der Waals surface area contributed by atoms with Crippen LogP contribution in [0.15, 0.2) is 42.5 Å². The van der Waals surface area contributed by atoms with Gasteiger partial charge in [0, 0.05) is 0 Å². The largest absolute Gasteiger partial charge is 1.00 e. The molecule has 14 heavy (non-hydrogen) atoms. The van der Waals surface area contributed by atoms with Gasteiger partial charge in [-0.3, -0.25) is 0 Å². The summed E-state index contributed by atoms with van der Waals surface area (Å²) >= 11 is 0. The molecule has 0 aromatic heterocycles. The van der Waals surface area contributed by atoms with Crippen molar-refractivity contribution in [1.29, 1.82) is 0 Å². The molecule has 2 heteroatoms. The summed E-state index contributed by atoms with van der Waals surface area (Å²) in [5.74, 6) is 0. The van der Waals surface area contributed by atoms with Crippen LogP contribution in [0, 0.1) is 0 Å². The Morgan fingerprint density at radius 2 is 1.64 bits per heavy atom. The number of hydrogen-bond acceptors (Lipinski definition) is 1. The molecule has 1 nitrogen and oxygen atoms in total. The first-order chi connectivity index (χ1) is 6.42. The predicted molar refractivity (Wildman–Crippen MR) is 52.5 cm³/mol. The minimum Gasteiger partial charge on any atom is -0.854 e. The molecule has 2 aromatic rings. The summed E-state index contributed by atoms with van der Waals surface area (Å²) in [7, 11) is 0. The third-order valence-electron chi connectivity index (χ3n) is 2.25. The fourth-order valence-electron chi connectivity index (χ4n) is 1.62. The van der Waals surface area contributed by atoms with Gasteiger partial charge in [-0.2, -0.15) is 0 Å². The molecular weight excluding hydrogens is 183 g/mol. The van der Waals surface area contributed by atoms with Crippen molar-refractivity contribution in [1.82, 2.24) is 0 Å². The second kappa shape index (κ2) is 5.52. The minimum atomic E-state index is -0.0337. The van der Waals surface area contributed by atoms with Gasteiger partial charge in [-0.25, -0.2) is 0 Å². The molecule has 0 heterocycles. The standard InChI is InChI=1S/C12H11O.Na/c13-9-8-11-6-3-5-10-4-1-2-7-12(10)11;/h1-7H,8-9H2;/q-1;+1. The topological polar surface area (TPSA) is 23.1 Å². The molecule has 2 aromatic carbocycles. The summed E-state index contributed by atoms with van der Waals surface area (Å²) in [6, 6.07) is 14.3. The van der Waals surface area contributed by atoms with Crippen LogP contribution in [0.2, 0.25) is 0 Å². The molecule has 0 atom stereocenters. The van der Waals surface area contributed by atoms with E-state index >= 15 is 0 Å². The Morgan fingerprint density at radius 1 is 0.929 bits per heavy atom. The Balaban J connectivity index is 0.000000980. The van der Waals surface area contributed by atoms with Crippen molar-refractivity contribution in [3.05, 3.63) is 48.0 Å². The van der Waals surface area contributed by atoms with E-state index in [0.717, 1.165) is 5.56 Å². The average Bonchev–Trinajstić information content (AvgIpc) is 2.19. The summed E-state index contributed by atoms with van der Waals surface area (Å²) in [6.45, 7) is -0.0337. The van der Waals surface area contributed by atoms with E-state index < -0.39 is 0 Å². The minimum absolute atomic E-state index is 0. The van der Waals surface area contributed by atoms with Gasteiger partial charge in [0.25, 0.3) is 0 Å². The van der Waals surface area contributed by atoms with Crippen LogP contribution in [0.25, 0.3) is 10.8 Å². The van der Waals surface area contributed by atoms with Gasteiger partial charge in [-0.05, 0) is 22.8 Å². The van der Waals surface area contributed by atoms with Crippen LogP contribution in [-0.4, -0.2) is 6.61 Å². The molecule has 0 saturated carbocycles. The van der Waals surface area contributed by atoms with Crippen LogP contribution in [-0.2, 0) is 6.42 Å². The molecule has 2 rings (SSSR count). The van der Waals surface area contributed by atoms with E-state index in [4.69, 9.17) is 0 Å². The molecule has 0 bridgehead atoms. The first-order valence-corrected chi connectivity index (χ1v) is 4.46. The van der Waals surface area contributed by atoms with Crippen LogP contribution in [0.4, 0.5) is 0 Å². The molecule has 66 valence electrons.